The molecule has 2 fully saturated rings. The molecule has 110 valence electrons. The largest absolute Gasteiger partial charge is 0.342 e. The van der Waals surface area contributed by atoms with Crippen LogP contribution in [0, 0.1) is 11.8 Å². The number of carbonyl (C=O) groups is 1. The Hall–Kier alpha value is -0.620. The van der Waals surface area contributed by atoms with Crippen LogP contribution in [0.2, 0.25) is 0 Å². The van der Waals surface area contributed by atoms with Crippen molar-refractivity contribution >= 4 is 15.7 Å². The normalized spacial score (nSPS) is 32.2. The highest BCUT2D eigenvalue weighted by Crippen LogP contribution is 2.25. The molecule has 2 aliphatic heterocycles. The van der Waals surface area contributed by atoms with Crippen LogP contribution in [-0.4, -0.2) is 49.9 Å². The predicted octanol–water partition coefficient (Wildman–Crippen LogP) is 0.397. The lowest BCUT2D eigenvalue weighted by atomic mass is 9.91. The van der Waals surface area contributed by atoms with Crippen LogP contribution in [-0.2, 0) is 14.6 Å². The van der Waals surface area contributed by atoms with E-state index < -0.39 is 9.84 Å². The molecule has 6 heteroatoms. The first-order valence-electron chi connectivity index (χ1n) is 7.11. The highest BCUT2D eigenvalue weighted by Gasteiger charge is 2.32. The van der Waals surface area contributed by atoms with Crippen molar-refractivity contribution < 1.29 is 13.2 Å². The molecule has 2 aliphatic rings. The molecule has 0 aromatic rings. The Balaban J connectivity index is 1.86. The Bertz CT molecular complexity index is 433. The molecule has 0 aliphatic carbocycles. The summed E-state index contributed by atoms with van der Waals surface area (Å²) in [6.45, 7) is 3.51. The van der Waals surface area contributed by atoms with Crippen LogP contribution in [0.4, 0.5) is 0 Å². The van der Waals surface area contributed by atoms with Gasteiger partial charge in [0, 0.05) is 25.6 Å². The zero-order chi connectivity index (χ0) is 14.0. The SMILES string of the molecule is CC(N)C1CCCN(C(=O)CC2CCS(=O)(=O)C2)C1. The molecular formula is C13H24N2O3S. The number of nitrogens with zero attached hydrogens (tertiary/aromatic N) is 1. The molecule has 0 aromatic carbocycles. The van der Waals surface area contributed by atoms with E-state index >= 15 is 0 Å². The van der Waals surface area contributed by atoms with Gasteiger partial charge in [-0.3, -0.25) is 4.79 Å². The second-order valence-electron chi connectivity index (χ2n) is 6.07. The first-order valence-corrected chi connectivity index (χ1v) is 8.93. The second-order valence-corrected chi connectivity index (χ2v) is 8.30. The number of piperidine rings is 1. The van der Waals surface area contributed by atoms with Crippen molar-refractivity contribution in [3.63, 3.8) is 0 Å². The summed E-state index contributed by atoms with van der Waals surface area (Å²) in [6.07, 6.45) is 3.10. The summed E-state index contributed by atoms with van der Waals surface area (Å²) < 4.78 is 22.8. The molecule has 19 heavy (non-hydrogen) atoms. The van der Waals surface area contributed by atoms with E-state index in [2.05, 4.69) is 0 Å². The summed E-state index contributed by atoms with van der Waals surface area (Å²) >= 11 is 0. The fraction of sp³-hybridized carbons (Fsp3) is 0.923. The minimum atomic E-state index is -2.89. The molecule has 1 amide bonds. The van der Waals surface area contributed by atoms with E-state index in [1.165, 1.54) is 0 Å². The Morgan fingerprint density at radius 3 is 2.74 bits per heavy atom. The van der Waals surface area contributed by atoms with E-state index in [0.29, 0.717) is 18.8 Å². The third-order valence-electron chi connectivity index (χ3n) is 4.34. The summed E-state index contributed by atoms with van der Waals surface area (Å²) in [4.78, 5) is 14.1. The standard InChI is InChI=1S/C13H24N2O3S/c1-10(14)12-3-2-5-15(8-12)13(16)7-11-4-6-19(17,18)9-11/h10-12H,2-9,14H2,1H3. The average Bonchev–Trinajstić information content (AvgIpc) is 2.68. The maximum atomic E-state index is 12.2. The van der Waals surface area contributed by atoms with Gasteiger partial charge in [-0.2, -0.15) is 0 Å². The lowest BCUT2D eigenvalue weighted by Crippen LogP contribution is -2.45. The minimum Gasteiger partial charge on any atom is -0.342 e. The fourth-order valence-electron chi connectivity index (χ4n) is 3.07. The maximum Gasteiger partial charge on any atom is 0.222 e. The third-order valence-corrected chi connectivity index (χ3v) is 6.18. The van der Waals surface area contributed by atoms with Gasteiger partial charge >= 0.3 is 0 Å². The van der Waals surface area contributed by atoms with Crippen molar-refractivity contribution in [1.82, 2.24) is 4.90 Å². The average molecular weight is 288 g/mol. The number of hydrogen-bond acceptors (Lipinski definition) is 4. The number of hydrogen-bond donors (Lipinski definition) is 1. The Morgan fingerprint density at radius 1 is 1.42 bits per heavy atom. The first kappa shape index (κ1) is 14.8. The van der Waals surface area contributed by atoms with E-state index in [1.807, 2.05) is 11.8 Å². The topological polar surface area (TPSA) is 80.5 Å². The molecule has 0 bridgehead atoms. The van der Waals surface area contributed by atoms with Gasteiger partial charge in [0.05, 0.1) is 11.5 Å². The van der Waals surface area contributed by atoms with Crippen LogP contribution < -0.4 is 5.73 Å². The number of nitrogens with two attached hydrogens (primary N) is 1. The summed E-state index contributed by atoms with van der Waals surface area (Å²) in [6, 6.07) is 0.113. The van der Waals surface area contributed by atoms with Crippen molar-refractivity contribution in [3.8, 4) is 0 Å². The molecule has 0 aromatic heterocycles. The van der Waals surface area contributed by atoms with E-state index in [1.54, 1.807) is 0 Å². The minimum absolute atomic E-state index is 0.0215. The van der Waals surface area contributed by atoms with Gasteiger partial charge in [-0.25, -0.2) is 8.42 Å². The fourth-order valence-corrected chi connectivity index (χ4v) is 4.94. The molecular weight excluding hydrogens is 264 g/mol. The van der Waals surface area contributed by atoms with Gasteiger partial charge in [0.25, 0.3) is 0 Å². The molecule has 0 saturated carbocycles. The zero-order valence-corrected chi connectivity index (χ0v) is 12.4. The van der Waals surface area contributed by atoms with Gasteiger partial charge in [0.15, 0.2) is 9.84 Å². The molecule has 0 spiro atoms. The molecule has 0 radical (unpaired) electrons. The summed E-state index contributed by atoms with van der Waals surface area (Å²) in [7, 11) is -2.89. The van der Waals surface area contributed by atoms with Gasteiger partial charge in [-0.15, -0.1) is 0 Å². The van der Waals surface area contributed by atoms with Crippen LogP contribution in [0.25, 0.3) is 0 Å². The van der Waals surface area contributed by atoms with Crippen molar-refractivity contribution in [3.05, 3.63) is 0 Å². The Morgan fingerprint density at radius 2 is 2.16 bits per heavy atom. The van der Waals surface area contributed by atoms with Crippen LogP contribution in [0.5, 0.6) is 0 Å². The molecule has 3 unspecified atom stereocenters. The third kappa shape index (κ3) is 3.92. The molecule has 2 N–H and O–H groups in total. The predicted molar refractivity (Wildman–Crippen MR) is 74.3 cm³/mol. The lowest BCUT2D eigenvalue weighted by molar-refractivity contribution is -0.133. The monoisotopic (exact) mass is 288 g/mol. The number of sulfone groups is 1. The molecule has 5 nitrogen and oxygen atoms in total. The number of likely N-dealkylation sites (tertiary alicyclic amines) is 1. The van der Waals surface area contributed by atoms with Gasteiger partial charge < -0.3 is 10.6 Å². The van der Waals surface area contributed by atoms with E-state index in [9.17, 15) is 13.2 Å². The van der Waals surface area contributed by atoms with Crippen LogP contribution in [0.15, 0.2) is 0 Å². The van der Waals surface area contributed by atoms with Crippen LogP contribution in [0.3, 0.4) is 0 Å². The Kier molecular flexibility index (Phi) is 4.50. The maximum absolute atomic E-state index is 12.2. The van der Waals surface area contributed by atoms with Gasteiger partial charge in [0.2, 0.25) is 5.91 Å². The van der Waals surface area contributed by atoms with Crippen molar-refractivity contribution in [2.24, 2.45) is 17.6 Å². The van der Waals surface area contributed by atoms with Crippen molar-refractivity contribution in [1.29, 1.82) is 0 Å². The van der Waals surface area contributed by atoms with E-state index in [-0.39, 0.29) is 29.4 Å². The van der Waals surface area contributed by atoms with Crippen LogP contribution >= 0.6 is 0 Å². The molecule has 2 heterocycles. The Labute approximate surface area is 115 Å². The molecule has 2 rings (SSSR count). The van der Waals surface area contributed by atoms with Crippen molar-refractivity contribution in [2.45, 2.75) is 38.6 Å². The van der Waals surface area contributed by atoms with E-state index in [4.69, 9.17) is 5.73 Å². The van der Waals surface area contributed by atoms with Gasteiger partial charge in [-0.1, -0.05) is 0 Å². The van der Waals surface area contributed by atoms with Gasteiger partial charge in [0.1, 0.15) is 0 Å². The first-order chi connectivity index (χ1) is 8.87. The summed E-state index contributed by atoms with van der Waals surface area (Å²) in [5.41, 5.74) is 5.91. The zero-order valence-electron chi connectivity index (χ0n) is 11.5. The summed E-state index contributed by atoms with van der Waals surface area (Å²) in [5.74, 6) is 0.933. The van der Waals surface area contributed by atoms with Gasteiger partial charge in [-0.05, 0) is 38.0 Å². The lowest BCUT2D eigenvalue weighted by Gasteiger charge is -2.35. The quantitative estimate of drug-likeness (QED) is 0.815. The number of amides is 1. The second kappa shape index (κ2) is 5.79. The summed E-state index contributed by atoms with van der Waals surface area (Å²) in [5, 5.41) is 0. The van der Waals surface area contributed by atoms with Crippen molar-refractivity contribution in [2.75, 3.05) is 24.6 Å². The number of rotatable bonds is 3. The smallest absolute Gasteiger partial charge is 0.222 e. The highest BCUT2D eigenvalue weighted by molar-refractivity contribution is 7.91. The van der Waals surface area contributed by atoms with E-state index in [0.717, 1.165) is 25.9 Å². The molecule has 3 atom stereocenters. The highest BCUT2D eigenvalue weighted by atomic mass is 32.2. The van der Waals surface area contributed by atoms with Crippen LogP contribution in [0.1, 0.15) is 32.6 Å². The number of carbonyl (C=O) groups excluding carboxylic acids is 1. The molecule has 2 saturated heterocycles.